The van der Waals surface area contributed by atoms with Gasteiger partial charge in [-0.2, -0.15) is 0 Å². The third kappa shape index (κ3) is 3.17. The summed E-state index contributed by atoms with van der Waals surface area (Å²) >= 11 is 6.09. The van der Waals surface area contributed by atoms with Crippen LogP contribution < -0.4 is 10.7 Å². The first-order valence-corrected chi connectivity index (χ1v) is 8.89. The second-order valence-corrected chi connectivity index (χ2v) is 6.99. The summed E-state index contributed by atoms with van der Waals surface area (Å²) in [7, 11) is 0. The van der Waals surface area contributed by atoms with Crippen molar-refractivity contribution in [1.29, 1.82) is 0 Å². The van der Waals surface area contributed by atoms with Crippen molar-refractivity contribution in [2.24, 2.45) is 4.99 Å². The molecule has 0 radical (unpaired) electrons. The minimum Gasteiger partial charge on any atom is -0.289 e. The summed E-state index contributed by atoms with van der Waals surface area (Å²) in [6.45, 7) is 4.75. The molecule has 1 aromatic carbocycles. The minimum atomic E-state index is -0.501. The third-order valence-corrected chi connectivity index (χ3v) is 4.78. The van der Waals surface area contributed by atoms with Crippen molar-refractivity contribution in [3.63, 3.8) is 0 Å². The first kappa shape index (κ1) is 17.0. The van der Waals surface area contributed by atoms with Crippen molar-refractivity contribution in [2.45, 2.75) is 26.1 Å². The Morgan fingerprint density at radius 1 is 1.19 bits per heavy atom. The molecule has 0 aliphatic carbocycles. The summed E-state index contributed by atoms with van der Waals surface area (Å²) < 4.78 is 0. The van der Waals surface area contributed by atoms with Crippen LogP contribution in [0.25, 0.3) is 5.57 Å². The van der Waals surface area contributed by atoms with Crippen LogP contribution in [-0.4, -0.2) is 21.4 Å². The van der Waals surface area contributed by atoms with Gasteiger partial charge in [0.25, 0.3) is 0 Å². The molecule has 2 N–H and O–H groups in total. The number of hydrazine groups is 1. The van der Waals surface area contributed by atoms with Gasteiger partial charge in [0.15, 0.2) is 5.82 Å². The second kappa shape index (κ2) is 6.68. The average Bonchev–Trinajstić information content (AvgIpc) is 2.94. The fourth-order valence-corrected chi connectivity index (χ4v) is 3.36. The van der Waals surface area contributed by atoms with Crippen molar-refractivity contribution in [1.82, 2.24) is 20.7 Å². The molecule has 2 aliphatic rings. The van der Waals surface area contributed by atoms with Crippen molar-refractivity contribution in [3.8, 4) is 0 Å². The number of pyridine rings is 1. The number of rotatable bonds is 4. The number of nitrogens with one attached hydrogen (secondary N) is 2. The van der Waals surface area contributed by atoms with Gasteiger partial charge in [0, 0.05) is 35.2 Å². The summed E-state index contributed by atoms with van der Waals surface area (Å²) in [6, 6.07) is 13.8. The monoisotopic (exact) mass is 365 g/mol. The standard InChI is InChI=1S/C20H20ClN5/c1-14-10-12-26-19(24-14)18(15-6-8-16(21)9-7-15)20(2,25-26)23-13-17-5-3-4-11-22-17/h3-12,23,25H,13H2,1-2H3. The number of halogens is 1. The van der Waals surface area contributed by atoms with E-state index in [1.54, 1.807) is 6.20 Å². The number of aliphatic imine (C=N–C) groups is 1. The molecule has 3 heterocycles. The fraction of sp³-hybridized carbons (Fsp3) is 0.200. The number of aromatic nitrogens is 1. The van der Waals surface area contributed by atoms with E-state index in [1.807, 2.05) is 66.7 Å². The number of fused-ring (bicyclic) bond motifs is 1. The highest BCUT2D eigenvalue weighted by Gasteiger charge is 2.41. The van der Waals surface area contributed by atoms with Gasteiger partial charge in [-0.15, -0.1) is 0 Å². The quantitative estimate of drug-likeness (QED) is 0.867. The van der Waals surface area contributed by atoms with Crippen LogP contribution in [0.1, 0.15) is 25.1 Å². The van der Waals surface area contributed by atoms with Crippen molar-refractivity contribution < 1.29 is 0 Å². The van der Waals surface area contributed by atoms with Gasteiger partial charge in [0.2, 0.25) is 0 Å². The Labute approximate surface area is 158 Å². The highest BCUT2D eigenvalue weighted by molar-refractivity contribution is 6.30. The van der Waals surface area contributed by atoms with Crippen LogP contribution in [0.15, 0.2) is 71.8 Å². The molecule has 1 unspecified atom stereocenters. The van der Waals surface area contributed by atoms with Crippen LogP contribution in [0.2, 0.25) is 5.02 Å². The van der Waals surface area contributed by atoms with Gasteiger partial charge in [-0.3, -0.25) is 15.3 Å². The van der Waals surface area contributed by atoms with Gasteiger partial charge in [0.1, 0.15) is 5.66 Å². The number of hydrogen-bond donors (Lipinski definition) is 2. The predicted octanol–water partition coefficient (Wildman–Crippen LogP) is 3.72. The summed E-state index contributed by atoms with van der Waals surface area (Å²) in [5, 5.41) is 6.28. The first-order valence-electron chi connectivity index (χ1n) is 8.51. The lowest BCUT2D eigenvalue weighted by Crippen LogP contribution is -2.54. The molecule has 1 aromatic heterocycles. The Morgan fingerprint density at radius 2 is 2.00 bits per heavy atom. The fourth-order valence-electron chi connectivity index (χ4n) is 3.23. The summed E-state index contributed by atoms with van der Waals surface area (Å²) in [5.41, 5.74) is 7.12. The van der Waals surface area contributed by atoms with Crippen LogP contribution in [0, 0.1) is 0 Å². The third-order valence-electron chi connectivity index (χ3n) is 4.53. The second-order valence-electron chi connectivity index (χ2n) is 6.56. The highest BCUT2D eigenvalue weighted by Crippen LogP contribution is 2.38. The number of allylic oxidation sites excluding steroid dienone is 1. The molecule has 0 bridgehead atoms. The lowest BCUT2D eigenvalue weighted by atomic mass is 9.95. The van der Waals surface area contributed by atoms with Gasteiger partial charge >= 0.3 is 0 Å². The Balaban J connectivity index is 1.73. The molecular formula is C20H20ClN5. The van der Waals surface area contributed by atoms with Gasteiger partial charge < -0.3 is 0 Å². The van der Waals surface area contributed by atoms with Crippen molar-refractivity contribution >= 4 is 22.9 Å². The van der Waals surface area contributed by atoms with Gasteiger partial charge in [-0.1, -0.05) is 29.8 Å². The van der Waals surface area contributed by atoms with E-state index in [1.165, 1.54) is 0 Å². The lowest BCUT2D eigenvalue weighted by molar-refractivity contribution is 0.243. The molecule has 0 fully saturated rings. The molecular weight excluding hydrogens is 346 g/mol. The summed E-state index contributed by atoms with van der Waals surface area (Å²) in [6.07, 6.45) is 5.79. The molecule has 1 atom stereocenters. The zero-order valence-electron chi connectivity index (χ0n) is 14.7. The van der Waals surface area contributed by atoms with Crippen LogP contribution in [0.3, 0.4) is 0 Å². The maximum atomic E-state index is 6.09. The zero-order valence-corrected chi connectivity index (χ0v) is 15.5. The van der Waals surface area contributed by atoms with Crippen molar-refractivity contribution in [3.05, 3.63) is 83.0 Å². The lowest BCUT2D eigenvalue weighted by Gasteiger charge is -2.30. The highest BCUT2D eigenvalue weighted by atomic mass is 35.5. The van der Waals surface area contributed by atoms with Crippen molar-refractivity contribution in [2.75, 3.05) is 0 Å². The van der Waals surface area contributed by atoms with E-state index in [0.717, 1.165) is 28.4 Å². The summed E-state index contributed by atoms with van der Waals surface area (Å²) in [4.78, 5) is 9.16. The number of hydrogen-bond acceptors (Lipinski definition) is 5. The van der Waals surface area contributed by atoms with Crippen LogP contribution in [-0.2, 0) is 6.54 Å². The molecule has 4 rings (SSSR count). The molecule has 0 saturated carbocycles. The Kier molecular flexibility index (Phi) is 4.36. The van der Waals surface area contributed by atoms with Crippen LogP contribution >= 0.6 is 11.6 Å². The number of benzene rings is 1. The van der Waals surface area contributed by atoms with Gasteiger partial charge in [-0.25, -0.2) is 10.4 Å². The largest absolute Gasteiger partial charge is 0.289 e. The van der Waals surface area contributed by atoms with E-state index in [0.29, 0.717) is 11.6 Å². The number of nitrogens with zero attached hydrogens (tertiary/aromatic N) is 3. The molecule has 132 valence electrons. The smallest absolute Gasteiger partial charge is 0.154 e. The topological polar surface area (TPSA) is 52.6 Å². The minimum absolute atomic E-state index is 0.501. The molecule has 5 nitrogen and oxygen atoms in total. The van der Waals surface area contributed by atoms with Gasteiger partial charge in [-0.05, 0) is 49.8 Å². The Morgan fingerprint density at radius 3 is 2.73 bits per heavy atom. The van der Waals surface area contributed by atoms with Gasteiger partial charge in [0.05, 0.1) is 5.69 Å². The molecule has 6 heteroatoms. The molecule has 2 aliphatic heterocycles. The van der Waals surface area contributed by atoms with Crippen LogP contribution in [0.5, 0.6) is 0 Å². The van der Waals surface area contributed by atoms with Crippen LogP contribution in [0.4, 0.5) is 0 Å². The molecule has 0 amide bonds. The summed E-state index contributed by atoms with van der Waals surface area (Å²) in [5.74, 6) is 0.892. The van der Waals surface area contributed by atoms with E-state index < -0.39 is 5.66 Å². The van der Waals surface area contributed by atoms with E-state index in [2.05, 4.69) is 22.7 Å². The molecule has 2 aromatic rings. The van der Waals surface area contributed by atoms with E-state index in [4.69, 9.17) is 16.6 Å². The Hall–Kier alpha value is -2.47. The van der Waals surface area contributed by atoms with E-state index >= 15 is 0 Å². The average molecular weight is 366 g/mol. The molecule has 26 heavy (non-hydrogen) atoms. The molecule has 0 spiro atoms. The normalized spacial score (nSPS) is 21.8. The maximum Gasteiger partial charge on any atom is 0.154 e. The predicted molar refractivity (Wildman–Crippen MR) is 105 cm³/mol. The SMILES string of the molecule is CC1=NC2=C(c3ccc(Cl)cc3)C(C)(NCc3ccccn3)NN2C=C1. The maximum absolute atomic E-state index is 6.09. The zero-order chi connectivity index (χ0) is 18.1. The van der Waals surface area contributed by atoms with E-state index in [9.17, 15) is 0 Å². The first-order chi connectivity index (χ1) is 12.5. The van der Waals surface area contributed by atoms with E-state index in [-0.39, 0.29) is 0 Å². The molecule has 0 saturated heterocycles. The Bertz CT molecular complexity index is 902.